The minimum Gasteiger partial charge on any atom is -0.370 e. The molecule has 0 radical (unpaired) electrons. The molecule has 1 heterocycles. The van der Waals surface area contributed by atoms with Gasteiger partial charge < -0.3 is 11.5 Å². The molecule has 0 amide bonds. The maximum atomic E-state index is 12.7. The van der Waals surface area contributed by atoms with E-state index in [1.807, 2.05) is 0 Å². The Morgan fingerprint density at radius 2 is 1.94 bits per heavy atom. The lowest BCUT2D eigenvalue weighted by atomic mass is 10.2. The summed E-state index contributed by atoms with van der Waals surface area (Å²) in [5.41, 5.74) is 11.1. The second-order valence-corrected chi connectivity index (χ2v) is 3.35. The van der Waals surface area contributed by atoms with E-state index in [1.54, 1.807) is 12.1 Å². The first-order valence-electron chi connectivity index (χ1n) is 4.88. The Morgan fingerprint density at radius 1 is 1.28 bits per heavy atom. The number of nitrogens with one attached hydrogen (secondary N) is 1. The van der Waals surface area contributed by atoms with E-state index < -0.39 is 0 Å². The normalized spacial score (nSPS) is 9.61. The van der Waals surface area contributed by atoms with Crippen LogP contribution in [0, 0.1) is 5.82 Å². The summed E-state index contributed by atoms with van der Waals surface area (Å²) in [5.74, 6) is 0.707. The predicted octanol–water partition coefficient (Wildman–Crippen LogP) is 0.962. The van der Waals surface area contributed by atoms with Crippen molar-refractivity contribution in [2.24, 2.45) is 16.5 Å². The number of nitrogens with zero attached hydrogens (tertiary/aromatic N) is 3. The van der Waals surface area contributed by atoms with E-state index in [1.165, 1.54) is 12.1 Å². The fraction of sp³-hybridized carbons (Fsp3) is 0.100. The van der Waals surface area contributed by atoms with Crippen LogP contribution in [0.15, 0.2) is 29.3 Å². The maximum Gasteiger partial charge on any atom is 0.186 e. The Balaban J connectivity index is 0.00000162. The van der Waals surface area contributed by atoms with Crippen molar-refractivity contribution in [3.8, 4) is 11.4 Å². The van der Waals surface area contributed by atoms with Gasteiger partial charge in [-0.25, -0.2) is 14.4 Å². The van der Waals surface area contributed by atoms with Gasteiger partial charge in [-0.2, -0.15) is 5.10 Å². The van der Waals surface area contributed by atoms with Crippen molar-refractivity contribution in [3.05, 3.63) is 35.9 Å². The molecule has 0 atom stereocenters. The van der Waals surface area contributed by atoms with Gasteiger partial charge in [0.15, 0.2) is 11.8 Å². The quantitative estimate of drug-likeness (QED) is 0.579. The molecule has 0 spiro atoms. The van der Waals surface area contributed by atoms with E-state index in [-0.39, 0.29) is 35.3 Å². The second kappa shape index (κ2) is 6.10. The van der Waals surface area contributed by atoms with Crippen LogP contribution < -0.4 is 11.5 Å². The van der Waals surface area contributed by atoms with Gasteiger partial charge in [0.05, 0.1) is 0 Å². The fourth-order valence-electron chi connectivity index (χ4n) is 1.26. The number of H-pyrrole nitrogens is 1. The molecule has 0 fully saturated rings. The first kappa shape index (κ1) is 14.1. The van der Waals surface area contributed by atoms with Crippen LogP contribution in [0.2, 0.25) is 0 Å². The van der Waals surface area contributed by atoms with Crippen molar-refractivity contribution in [1.29, 1.82) is 0 Å². The zero-order valence-electron chi connectivity index (χ0n) is 9.30. The third kappa shape index (κ3) is 3.52. The summed E-state index contributed by atoms with van der Waals surface area (Å²) in [6, 6.07) is 5.90. The van der Waals surface area contributed by atoms with Crippen LogP contribution in [0.3, 0.4) is 0 Å². The molecule has 0 bridgehead atoms. The summed E-state index contributed by atoms with van der Waals surface area (Å²) in [4.78, 5) is 7.97. The lowest BCUT2D eigenvalue weighted by Gasteiger charge is -1.93. The van der Waals surface area contributed by atoms with E-state index >= 15 is 0 Å². The molecule has 96 valence electrons. The number of aliphatic imine (C=N–C) groups is 1. The van der Waals surface area contributed by atoms with Gasteiger partial charge in [-0.15, -0.1) is 17.0 Å². The van der Waals surface area contributed by atoms with Gasteiger partial charge in [0.2, 0.25) is 0 Å². The molecule has 18 heavy (non-hydrogen) atoms. The summed E-state index contributed by atoms with van der Waals surface area (Å²) in [6.07, 6.45) is 0. The molecule has 2 aromatic rings. The molecule has 5 N–H and O–H groups in total. The summed E-state index contributed by atoms with van der Waals surface area (Å²) in [7, 11) is 0. The second-order valence-electron chi connectivity index (χ2n) is 3.35. The molecule has 0 unspecified atom stereocenters. The molecule has 0 aliphatic heterocycles. The number of rotatable bonds is 3. The maximum absolute atomic E-state index is 12.7. The number of guanidine groups is 1. The Bertz CT molecular complexity index is 532. The zero-order chi connectivity index (χ0) is 12.3. The van der Waals surface area contributed by atoms with Gasteiger partial charge >= 0.3 is 0 Å². The Hall–Kier alpha value is -1.96. The molecule has 8 heteroatoms. The average molecular weight is 315 g/mol. The summed E-state index contributed by atoms with van der Waals surface area (Å²) < 4.78 is 12.7. The average Bonchev–Trinajstić information content (AvgIpc) is 2.76. The van der Waals surface area contributed by atoms with Gasteiger partial charge in [0.1, 0.15) is 18.2 Å². The number of hydrogen-bond donors (Lipinski definition) is 3. The lowest BCUT2D eigenvalue weighted by Crippen LogP contribution is -2.22. The van der Waals surface area contributed by atoms with E-state index in [4.69, 9.17) is 11.5 Å². The van der Waals surface area contributed by atoms with Gasteiger partial charge in [-0.05, 0) is 24.3 Å². The first-order valence-corrected chi connectivity index (χ1v) is 4.88. The molecular formula is C10H12BrFN6. The monoisotopic (exact) mass is 314 g/mol. The number of hydrogen-bond acceptors (Lipinski definition) is 3. The fourth-order valence-corrected chi connectivity index (χ4v) is 1.26. The molecule has 1 aromatic carbocycles. The van der Waals surface area contributed by atoms with Crippen molar-refractivity contribution in [2.45, 2.75) is 6.54 Å². The Morgan fingerprint density at radius 3 is 2.56 bits per heavy atom. The smallest absolute Gasteiger partial charge is 0.186 e. The van der Waals surface area contributed by atoms with Crippen molar-refractivity contribution in [3.63, 3.8) is 0 Å². The molecule has 1 aromatic heterocycles. The number of nitrogens with two attached hydrogens (primary N) is 2. The summed E-state index contributed by atoms with van der Waals surface area (Å²) >= 11 is 0. The van der Waals surface area contributed by atoms with Crippen LogP contribution in [-0.4, -0.2) is 21.1 Å². The molecular weight excluding hydrogens is 303 g/mol. The minimum atomic E-state index is -0.301. The predicted molar refractivity (Wildman–Crippen MR) is 71.6 cm³/mol. The van der Waals surface area contributed by atoms with Crippen LogP contribution in [0.5, 0.6) is 0 Å². The largest absolute Gasteiger partial charge is 0.370 e. The lowest BCUT2D eigenvalue weighted by molar-refractivity contribution is 0.628. The van der Waals surface area contributed by atoms with E-state index in [9.17, 15) is 4.39 Å². The van der Waals surface area contributed by atoms with Crippen LogP contribution in [0.4, 0.5) is 4.39 Å². The van der Waals surface area contributed by atoms with Crippen LogP contribution in [0.25, 0.3) is 11.4 Å². The van der Waals surface area contributed by atoms with E-state index in [0.29, 0.717) is 11.6 Å². The summed E-state index contributed by atoms with van der Waals surface area (Å²) in [6.45, 7) is 0.233. The third-order valence-electron chi connectivity index (χ3n) is 2.05. The third-order valence-corrected chi connectivity index (χ3v) is 2.05. The summed E-state index contributed by atoms with van der Waals surface area (Å²) in [5, 5.41) is 6.69. The number of aromatic nitrogens is 3. The van der Waals surface area contributed by atoms with Crippen molar-refractivity contribution in [1.82, 2.24) is 15.2 Å². The SMILES string of the molecule is Br.NC(N)=NCc1nc(-c2ccc(F)cc2)n[nH]1. The topological polar surface area (TPSA) is 106 Å². The number of aromatic amines is 1. The highest BCUT2D eigenvalue weighted by molar-refractivity contribution is 8.93. The molecule has 0 saturated carbocycles. The van der Waals surface area contributed by atoms with Crippen molar-refractivity contribution in [2.75, 3.05) is 0 Å². The number of halogens is 2. The highest BCUT2D eigenvalue weighted by Gasteiger charge is 2.05. The highest BCUT2D eigenvalue weighted by atomic mass is 79.9. The van der Waals surface area contributed by atoms with Crippen molar-refractivity contribution >= 4 is 22.9 Å². The first-order chi connectivity index (χ1) is 8.15. The van der Waals surface area contributed by atoms with Gasteiger partial charge in [-0.1, -0.05) is 0 Å². The van der Waals surface area contributed by atoms with Crippen LogP contribution in [-0.2, 0) is 6.54 Å². The molecule has 6 nitrogen and oxygen atoms in total. The standard InChI is InChI=1S/C10H11FN6.BrH/c11-7-3-1-6(2-4-7)9-15-8(16-17-9)5-14-10(12)13;/h1-4H,5H2,(H4,12,13,14)(H,15,16,17);1H. The minimum absolute atomic E-state index is 0. The Labute approximate surface area is 113 Å². The zero-order valence-corrected chi connectivity index (χ0v) is 11.0. The molecule has 2 rings (SSSR count). The Kier molecular flexibility index (Phi) is 4.78. The highest BCUT2D eigenvalue weighted by Crippen LogP contribution is 2.14. The van der Waals surface area contributed by atoms with Gasteiger partial charge in [-0.3, -0.25) is 5.10 Å². The van der Waals surface area contributed by atoms with Gasteiger partial charge in [0, 0.05) is 5.56 Å². The van der Waals surface area contributed by atoms with E-state index in [0.717, 1.165) is 5.56 Å². The van der Waals surface area contributed by atoms with Crippen LogP contribution in [0.1, 0.15) is 5.82 Å². The van der Waals surface area contributed by atoms with Gasteiger partial charge in [0.25, 0.3) is 0 Å². The van der Waals surface area contributed by atoms with Crippen molar-refractivity contribution < 1.29 is 4.39 Å². The molecule has 0 saturated heterocycles. The molecule has 0 aliphatic rings. The number of benzene rings is 1. The van der Waals surface area contributed by atoms with Crippen LogP contribution >= 0.6 is 17.0 Å². The van der Waals surface area contributed by atoms with E-state index in [2.05, 4.69) is 20.2 Å². The molecule has 0 aliphatic carbocycles.